The third-order valence-electron chi connectivity index (χ3n) is 5.66. The number of carbonyl (C=O) groups excluding carboxylic acids is 1. The molecule has 0 radical (unpaired) electrons. The van der Waals surface area contributed by atoms with E-state index in [0.717, 1.165) is 55.5 Å². The minimum atomic E-state index is -0.269. The average Bonchev–Trinajstić information content (AvgIpc) is 3.24. The van der Waals surface area contributed by atoms with Crippen LogP contribution in [0.15, 0.2) is 41.5 Å². The number of nitrogens with zero attached hydrogens (tertiary/aromatic N) is 1. The van der Waals surface area contributed by atoms with Gasteiger partial charge in [0.05, 0.1) is 12.5 Å². The lowest BCUT2D eigenvalue weighted by molar-refractivity contribution is -0.121. The molecule has 0 spiro atoms. The fraction of sp³-hybridized carbons (Fsp3) is 0.500. The molecule has 3 nitrogen and oxygen atoms in total. The van der Waals surface area contributed by atoms with E-state index in [-0.39, 0.29) is 5.41 Å². The lowest BCUT2D eigenvalue weighted by Gasteiger charge is -2.30. The van der Waals surface area contributed by atoms with Crippen molar-refractivity contribution in [1.82, 2.24) is 4.90 Å². The summed E-state index contributed by atoms with van der Waals surface area (Å²) < 4.78 is 5.45. The van der Waals surface area contributed by atoms with Gasteiger partial charge in [-0.15, -0.1) is 0 Å². The van der Waals surface area contributed by atoms with Gasteiger partial charge in [-0.2, -0.15) is 0 Å². The van der Waals surface area contributed by atoms with Gasteiger partial charge >= 0.3 is 0 Å². The highest BCUT2D eigenvalue weighted by Crippen LogP contribution is 2.50. The first-order valence-corrected chi connectivity index (χ1v) is 9.29. The van der Waals surface area contributed by atoms with Crippen LogP contribution in [0.5, 0.6) is 5.75 Å². The standard InChI is InChI=1S/C22H29NO2/c1-23(2)15-14-22(19-9-5-6-10-19)13-12-18(21(22)24)16-17-8-4-7-11-20(17)25-3/h4,7-9,11,16H,5-6,10,12-15H2,1-3H3/b18-16+. The van der Waals surface area contributed by atoms with E-state index in [1.165, 1.54) is 12.0 Å². The number of methoxy groups -OCH3 is 1. The van der Waals surface area contributed by atoms with Crippen LogP contribution in [0, 0.1) is 5.41 Å². The zero-order valence-corrected chi connectivity index (χ0v) is 15.7. The first kappa shape index (κ1) is 17.9. The van der Waals surface area contributed by atoms with E-state index >= 15 is 0 Å². The second kappa shape index (κ2) is 7.57. The maximum Gasteiger partial charge on any atom is 0.169 e. The van der Waals surface area contributed by atoms with Crippen LogP contribution in [0.4, 0.5) is 0 Å². The Bertz CT molecular complexity index is 702. The summed E-state index contributed by atoms with van der Waals surface area (Å²) in [6, 6.07) is 7.92. The van der Waals surface area contributed by atoms with Crippen LogP contribution in [0.2, 0.25) is 0 Å². The molecule has 1 aromatic carbocycles. The smallest absolute Gasteiger partial charge is 0.169 e. The molecule has 134 valence electrons. The molecule has 0 heterocycles. The second-order valence-corrected chi connectivity index (χ2v) is 7.50. The van der Waals surface area contributed by atoms with Gasteiger partial charge < -0.3 is 9.64 Å². The molecule has 3 heteroatoms. The molecule has 0 N–H and O–H groups in total. The molecule has 1 unspecified atom stereocenters. The van der Waals surface area contributed by atoms with Crippen LogP contribution in [0.1, 0.15) is 44.1 Å². The molecule has 0 bridgehead atoms. The van der Waals surface area contributed by atoms with Crippen molar-refractivity contribution in [3.05, 3.63) is 47.1 Å². The topological polar surface area (TPSA) is 29.5 Å². The SMILES string of the molecule is COc1ccccc1/C=C1\CCC(CCN(C)C)(C2=CCCC2)C1=O. The normalized spacial score (nSPS) is 25.0. The summed E-state index contributed by atoms with van der Waals surface area (Å²) in [6.45, 7) is 0.949. The fourth-order valence-electron chi connectivity index (χ4n) is 4.22. The van der Waals surface area contributed by atoms with Gasteiger partial charge in [-0.25, -0.2) is 0 Å². The van der Waals surface area contributed by atoms with E-state index in [0.29, 0.717) is 5.78 Å². The minimum absolute atomic E-state index is 0.269. The highest BCUT2D eigenvalue weighted by Gasteiger charge is 2.47. The summed E-state index contributed by atoms with van der Waals surface area (Å²) in [6.07, 6.45) is 10.5. The van der Waals surface area contributed by atoms with E-state index in [1.54, 1.807) is 7.11 Å². The monoisotopic (exact) mass is 339 g/mol. The number of Topliss-reactive ketones (excluding diaryl/α,β-unsaturated/α-hetero) is 1. The predicted molar refractivity (Wildman–Crippen MR) is 103 cm³/mol. The van der Waals surface area contributed by atoms with Crippen LogP contribution >= 0.6 is 0 Å². The van der Waals surface area contributed by atoms with E-state index < -0.39 is 0 Å². The van der Waals surface area contributed by atoms with E-state index in [4.69, 9.17) is 4.74 Å². The maximum atomic E-state index is 13.5. The Morgan fingerprint density at radius 3 is 2.72 bits per heavy atom. The Morgan fingerprint density at radius 2 is 2.04 bits per heavy atom. The molecule has 0 amide bonds. The van der Waals surface area contributed by atoms with Gasteiger partial charge in [0.1, 0.15) is 5.75 Å². The van der Waals surface area contributed by atoms with Crippen molar-refractivity contribution in [1.29, 1.82) is 0 Å². The first-order valence-electron chi connectivity index (χ1n) is 9.29. The number of hydrogen-bond donors (Lipinski definition) is 0. The van der Waals surface area contributed by atoms with Gasteiger partial charge in [0.2, 0.25) is 0 Å². The Morgan fingerprint density at radius 1 is 1.24 bits per heavy atom. The Hall–Kier alpha value is -1.87. The van der Waals surface area contributed by atoms with Crippen molar-refractivity contribution in [3.8, 4) is 5.75 Å². The van der Waals surface area contributed by atoms with E-state index in [1.807, 2.05) is 30.3 Å². The van der Waals surface area contributed by atoms with Gasteiger partial charge in [0.25, 0.3) is 0 Å². The van der Waals surface area contributed by atoms with Crippen LogP contribution in [-0.4, -0.2) is 38.4 Å². The quantitative estimate of drug-likeness (QED) is 0.565. The summed E-state index contributed by atoms with van der Waals surface area (Å²) in [7, 11) is 5.85. The van der Waals surface area contributed by atoms with Gasteiger partial charge in [0, 0.05) is 5.56 Å². The molecule has 0 saturated heterocycles. The van der Waals surface area contributed by atoms with Gasteiger partial charge in [-0.05, 0) is 76.9 Å². The predicted octanol–water partition coefficient (Wildman–Crippen LogP) is 4.49. The maximum absolute atomic E-state index is 13.5. The Labute approximate surface area is 151 Å². The Balaban J connectivity index is 1.92. The average molecular weight is 339 g/mol. The molecule has 25 heavy (non-hydrogen) atoms. The lowest BCUT2D eigenvalue weighted by Crippen LogP contribution is -2.32. The summed E-state index contributed by atoms with van der Waals surface area (Å²) in [5.41, 5.74) is 3.07. The molecule has 0 aromatic heterocycles. The summed E-state index contributed by atoms with van der Waals surface area (Å²) in [5.74, 6) is 1.17. The molecular formula is C22H29NO2. The molecule has 1 fully saturated rings. The Kier molecular flexibility index (Phi) is 5.43. The second-order valence-electron chi connectivity index (χ2n) is 7.50. The van der Waals surface area contributed by atoms with Gasteiger partial charge in [-0.1, -0.05) is 29.8 Å². The number of hydrogen-bond acceptors (Lipinski definition) is 3. The van der Waals surface area contributed by atoms with Crippen LogP contribution in [0.25, 0.3) is 6.08 Å². The number of allylic oxidation sites excluding steroid dienone is 3. The highest BCUT2D eigenvalue weighted by molar-refractivity contribution is 6.07. The van der Waals surface area contributed by atoms with Crippen molar-refractivity contribution >= 4 is 11.9 Å². The molecule has 1 atom stereocenters. The van der Waals surface area contributed by atoms with Gasteiger partial charge in [-0.3, -0.25) is 4.79 Å². The lowest BCUT2D eigenvalue weighted by atomic mass is 9.74. The largest absolute Gasteiger partial charge is 0.496 e. The molecule has 2 aliphatic rings. The third kappa shape index (κ3) is 3.57. The summed E-state index contributed by atoms with van der Waals surface area (Å²) >= 11 is 0. The number of rotatable bonds is 6. The first-order chi connectivity index (χ1) is 12.1. The number of para-hydroxylation sites is 1. The van der Waals surface area contributed by atoms with Crippen molar-refractivity contribution < 1.29 is 9.53 Å². The number of carbonyl (C=O) groups is 1. The van der Waals surface area contributed by atoms with Crippen molar-refractivity contribution in [2.45, 2.75) is 38.5 Å². The van der Waals surface area contributed by atoms with E-state index in [9.17, 15) is 4.79 Å². The molecule has 0 aliphatic heterocycles. The number of benzene rings is 1. The molecule has 2 aliphatic carbocycles. The minimum Gasteiger partial charge on any atom is -0.496 e. The number of ketones is 1. The van der Waals surface area contributed by atoms with Crippen molar-refractivity contribution in [3.63, 3.8) is 0 Å². The highest BCUT2D eigenvalue weighted by atomic mass is 16.5. The molecular weight excluding hydrogens is 310 g/mol. The zero-order chi connectivity index (χ0) is 17.9. The van der Waals surface area contributed by atoms with Crippen LogP contribution < -0.4 is 4.74 Å². The fourth-order valence-corrected chi connectivity index (χ4v) is 4.22. The van der Waals surface area contributed by atoms with Crippen molar-refractivity contribution in [2.75, 3.05) is 27.7 Å². The summed E-state index contributed by atoms with van der Waals surface area (Å²) in [5, 5.41) is 0. The molecule has 1 aromatic rings. The third-order valence-corrected chi connectivity index (χ3v) is 5.66. The summed E-state index contributed by atoms with van der Waals surface area (Å²) in [4.78, 5) is 15.6. The van der Waals surface area contributed by atoms with Crippen LogP contribution in [0.3, 0.4) is 0 Å². The van der Waals surface area contributed by atoms with Crippen LogP contribution in [-0.2, 0) is 4.79 Å². The number of ether oxygens (including phenoxy) is 1. The van der Waals surface area contributed by atoms with Gasteiger partial charge in [0.15, 0.2) is 5.78 Å². The van der Waals surface area contributed by atoms with E-state index in [2.05, 4.69) is 25.1 Å². The zero-order valence-electron chi connectivity index (χ0n) is 15.7. The molecule has 3 rings (SSSR count). The van der Waals surface area contributed by atoms with Crippen molar-refractivity contribution in [2.24, 2.45) is 5.41 Å². The molecule has 1 saturated carbocycles.